The number of aromatic amines is 1. The zero-order valence-corrected chi connectivity index (χ0v) is 14.2. The lowest BCUT2D eigenvalue weighted by molar-refractivity contribution is -0.141. The molecular weight excluding hydrogens is 452 g/mol. The molecule has 3 rings (SSSR count). The number of hydrogen-bond donors (Lipinski definition) is 1. The van der Waals surface area contributed by atoms with Crippen molar-refractivity contribution in [3.05, 3.63) is 38.1 Å². The van der Waals surface area contributed by atoms with Crippen LogP contribution in [0.3, 0.4) is 0 Å². The molecule has 3 aromatic heterocycles. The van der Waals surface area contributed by atoms with Crippen molar-refractivity contribution in [1.82, 2.24) is 19.9 Å². The normalized spacial score (nSPS) is 11.9. The van der Waals surface area contributed by atoms with Gasteiger partial charge in [0.1, 0.15) is 9.39 Å². The summed E-state index contributed by atoms with van der Waals surface area (Å²) in [5.41, 5.74) is -0.871. The first kappa shape index (κ1) is 15.7. The minimum absolute atomic E-state index is 0.114. The first-order chi connectivity index (χ1) is 10.3. The predicted molar refractivity (Wildman–Crippen MR) is 85.7 cm³/mol. The summed E-state index contributed by atoms with van der Waals surface area (Å²) in [5, 5.41) is 0. The van der Waals surface area contributed by atoms with Crippen LogP contribution in [0.25, 0.3) is 22.2 Å². The van der Waals surface area contributed by atoms with E-state index in [0.29, 0.717) is 12.9 Å². The fourth-order valence-electron chi connectivity index (χ4n) is 1.69. The molecule has 0 saturated carbocycles. The van der Waals surface area contributed by atoms with E-state index in [1.165, 1.54) is 0 Å². The second kappa shape index (κ2) is 5.78. The topological polar surface area (TPSA) is 54.5 Å². The molecule has 0 unspecified atom stereocenters. The Balaban J connectivity index is 2.18. The van der Waals surface area contributed by atoms with E-state index in [9.17, 15) is 13.2 Å². The molecule has 0 aliphatic heterocycles. The van der Waals surface area contributed by atoms with Crippen LogP contribution in [-0.2, 0) is 6.18 Å². The smallest absolute Gasteiger partial charge is 0.341 e. The summed E-state index contributed by atoms with van der Waals surface area (Å²) >= 11 is 8.92. The average Bonchev–Trinajstić information content (AvgIpc) is 3.06. The van der Waals surface area contributed by atoms with Crippen molar-refractivity contribution in [3.8, 4) is 22.2 Å². The molecule has 0 saturated heterocycles. The van der Waals surface area contributed by atoms with Crippen molar-refractivity contribution in [2.75, 3.05) is 0 Å². The maximum absolute atomic E-state index is 13.0. The highest BCUT2D eigenvalue weighted by Gasteiger charge is 2.34. The molecule has 1 N–H and O–H groups in total. The Morgan fingerprint density at radius 1 is 1.18 bits per heavy atom. The van der Waals surface area contributed by atoms with Crippen molar-refractivity contribution < 1.29 is 13.2 Å². The highest BCUT2D eigenvalue weighted by Crippen LogP contribution is 2.35. The van der Waals surface area contributed by atoms with Crippen LogP contribution < -0.4 is 0 Å². The third-order valence-electron chi connectivity index (χ3n) is 2.60. The van der Waals surface area contributed by atoms with E-state index < -0.39 is 11.9 Å². The summed E-state index contributed by atoms with van der Waals surface area (Å²) in [7, 11) is 0. The van der Waals surface area contributed by atoms with Gasteiger partial charge in [-0.25, -0.2) is 15.0 Å². The number of H-pyrrole nitrogens is 1. The summed E-state index contributed by atoms with van der Waals surface area (Å²) in [6.07, 6.45) is -3.02. The lowest BCUT2D eigenvalue weighted by atomic mass is 10.2. The van der Waals surface area contributed by atoms with Gasteiger partial charge in [-0.2, -0.15) is 13.2 Å². The van der Waals surface area contributed by atoms with Gasteiger partial charge >= 0.3 is 6.18 Å². The SMILES string of the molecule is FC(F)(F)c1cc(-c2ccc(Cl)s2)nc(-c2nc(I)c[nH]2)n1. The first-order valence-corrected chi connectivity index (χ1v) is 8.03. The van der Waals surface area contributed by atoms with E-state index in [1.54, 1.807) is 18.3 Å². The summed E-state index contributed by atoms with van der Waals surface area (Å²) < 4.78 is 40.2. The molecule has 0 amide bonds. The second-order valence-corrected chi connectivity index (χ2v) is 6.96. The molecule has 10 heteroatoms. The van der Waals surface area contributed by atoms with Gasteiger partial charge in [0.15, 0.2) is 11.6 Å². The van der Waals surface area contributed by atoms with Gasteiger partial charge in [-0.1, -0.05) is 11.6 Å². The number of hydrogen-bond acceptors (Lipinski definition) is 4. The molecule has 0 aliphatic carbocycles. The van der Waals surface area contributed by atoms with Gasteiger partial charge in [0.25, 0.3) is 0 Å². The molecule has 0 atom stereocenters. The van der Waals surface area contributed by atoms with Crippen LogP contribution in [0.4, 0.5) is 13.2 Å². The van der Waals surface area contributed by atoms with Crippen molar-refractivity contribution >= 4 is 45.5 Å². The standard InChI is InChI=1S/C12H5ClF3IN4S/c13-8-2-1-6(22-8)5-3-7(12(14,15)16)20-11(19-5)10-18-4-9(17)21-10/h1-4H,(H,18,21). The molecule has 0 fully saturated rings. The zero-order chi connectivity index (χ0) is 15.9. The number of thiophene rings is 1. The van der Waals surface area contributed by atoms with Gasteiger partial charge < -0.3 is 4.98 Å². The fourth-order valence-corrected chi connectivity index (χ4v) is 3.09. The second-order valence-electron chi connectivity index (χ2n) is 4.14. The fraction of sp³-hybridized carbons (Fsp3) is 0.0833. The van der Waals surface area contributed by atoms with Gasteiger partial charge in [-0.3, -0.25) is 0 Å². The van der Waals surface area contributed by atoms with Crippen LogP contribution in [0.5, 0.6) is 0 Å². The Labute approximate surface area is 144 Å². The molecular formula is C12H5ClF3IN4S. The van der Waals surface area contributed by atoms with Gasteiger partial charge in [0, 0.05) is 6.20 Å². The zero-order valence-electron chi connectivity index (χ0n) is 10.4. The Morgan fingerprint density at radius 2 is 1.95 bits per heavy atom. The van der Waals surface area contributed by atoms with E-state index in [0.717, 1.165) is 17.4 Å². The van der Waals surface area contributed by atoms with Crippen molar-refractivity contribution in [1.29, 1.82) is 0 Å². The van der Waals surface area contributed by atoms with Crippen molar-refractivity contribution in [3.63, 3.8) is 0 Å². The van der Waals surface area contributed by atoms with Crippen molar-refractivity contribution in [2.24, 2.45) is 0 Å². The summed E-state index contributed by atoms with van der Waals surface area (Å²) in [6.45, 7) is 0. The highest BCUT2D eigenvalue weighted by molar-refractivity contribution is 14.1. The van der Waals surface area contributed by atoms with Gasteiger partial charge in [0.05, 0.1) is 14.9 Å². The minimum Gasteiger partial charge on any atom is -0.341 e. The Bertz CT molecular complexity index is 771. The number of nitrogens with zero attached hydrogens (tertiary/aromatic N) is 3. The van der Waals surface area contributed by atoms with Crippen LogP contribution in [0, 0.1) is 3.70 Å². The monoisotopic (exact) mass is 456 g/mol. The van der Waals surface area contributed by atoms with Crippen LogP contribution >= 0.6 is 45.5 Å². The lowest BCUT2D eigenvalue weighted by Gasteiger charge is -2.08. The summed E-state index contributed by atoms with van der Waals surface area (Å²) in [6, 6.07) is 4.12. The molecule has 3 aromatic rings. The quantitative estimate of drug-likeness (QED) is 0.560. The van der Waals surface area contributed by atoms with Crippen LogP contribution in [0.1, 0.15) is 5.69 Å². The van der Waals surface area contributed by atoms with E-state index in [4.69, 9.17) is 11.6 Å². The maximum Gasteiger partial charge on any atom is 0.433 e. The number of imidazole rings is 1. The minimum atomic E-state index is -4.58. The number of alkyl halides is 3. The van der Waals surface area contributed by atoms with Gasteiger partial charge in [-0.05, 0) is 40.8 Å². The van der Waals surface area contributed by atoms with Crippen LogP contribution in [0.2, 0.25) is 4.34 Å². The van der Waals surface area contributed by atoms with Gasteiger partial charge in [0.2, 0.25) is 0 Å². The maximum atomic E-state index is 13.0. The number of nitrogens with one attached hydrogen (secondary N) is 1. The molecule has 0 aliphatic rings. The van der Waals surface area contributed by atoms with Crippen LogP contribution in [0.15, 0.2) is 24.4 Å². The van der Waals surface area contributed by atoms with E-state index >= 15 is 0 Å². The average molecular weight is 457 g/mol. The number of rotatable bonds is 2. The Kier molecular flexibility index (Phi) is 4.12. The van der Waals surface area contributed by atoms with Gasteiger partial charge in [-0.15, -0.1) is 11.3 Å². The largest absolute Gasteiger partial charge is 0.433 e. The number of aromatic nitrogens is 4. The molecule has 22 heavy (non-hydrogen) atoms. The predicted octanol–water partition coefficient (Wildman–Crippen LogP) is 4.87. The highest BCUT2D eigenvalue weighted by atomic mass is 127. The lowest BCUT2D eigenvalue weighted by Crippen LogP contribution is -2.10. The molecule has 0 radical (unpaired) electrons. The molecule has 3 heterocycles. The Morgan fingerprint density at radius 3 is 2.50 bits per heavy atom. The number of halogens is 5. The molecule has 0 aromatic carbocycles. The van der Waals surface area contributed by atoms with E-state index in [1.807, 2.05) is 22.6 Å². The summed E-state index contributed by atoms with van der Waals surface area (Å²) in [4.78, 5) is 15.1. The summed E-state index contributed by atoms with van der Waals surface area (Å²) in [5.74, 6) is 0.0664. The third kappa shape index (κ3) is 3.25. The van der Waals surface area contributed by atoms with Crippen molar-refractivity contribution in [2.45, 2.75) is 6.18 Å². The third-order valence-corrected chi connectivity index (χ3v) is 4.41. The molecule has 114 valence electrons. The van der Waals surface area contributed by atoms with Crippen LogP contribution in [-0.4, -0.2) is 19.9 Å². The molecule has 4 nitrogen and oxygen atoms in total. The van der Waals surface area contributed by atoms with E-state index in [-0.39, 0.29) is 17.3 Å². The first-order valence-electron chi connectivity index (χ1n) is 5.76. The molecule has 0 spiro atoms. The Hall–Kier alpha value is -1.20. The van der Waals surface area contributed by atoms with E-state index in [2.05, 4.69) is 19.9 Å². The molecule has 0 bridgehead atoms.